The van der Waals surface area contributed by atoms with Crippen molar-refractivity contribution in [2.75, 3.05) is 4.90 Å². The summed E-state index contributed by atoms with van der Waals surface area (Å²) in [6.45, 7) is 8.68. The summed E-state index contributed by atoms with van der Waals surface area (Å²) in [7, 11) is 0. The fraction of sp³-hybridized carbons (Fsp3) is 0.217. The first-order valence-electron chi connectivity index (χ1n) is 8.62. The largest absolute Gasteiger partial charge is 0.310 e. The Hall–Kier alpha value is -2.54. The molecule has 0 aromatic heterocycles. The van der Waals surface area contributed by atoms with E-state index in [2.05, 4.69) is 99.3 Å². The van der Waals surface area contributed by atoms with Crippen molar-refractivity contribution in [3.8, 4) is 0 Å². The topological polar surface area (TPSA) is 3.24 Å². The Balaban J connectivity index is 2.23. The van der Waals surface area contributed by atoms with E-state index >= 15 is 0 Å². The van der Waals surface area contributed by atoms with Gasteiger partial charge in [-0.25, -0.2) is 0 Å². The van der Waals surface area contributed by atoms with Crippen LogP contribution in [0.15, 0.2) is 66.7 Å². The van der Waals surface area contributed by atoms with Crippen molar-refractivity contribution in [3.05, 3.63) is 89.0 Å². The maximum atomic E-state index is 2.38. The zero-order valence-corrected chi connectivity index (χ0v) is 15.0. The molecule has 0 fully saturated rings. The van der Waals surface area contributed by atoms with E-state index in [0.29, 0.717) is 0 Å². The van der Waals surface area contributed by atoms with E-state index in [-0.39, 0.29) is 0 Å². The minimum absolute atomic E-state index is 1.02. The molecule has 3 aromatic rings. The second-order valence-electron chi connectivity index (χ2n) is 6.44. The van der Waals surface area contributed by atoms with Crippen LogP contribution in [-0.4, -0.2) is 0 Å². The van der Waals surface area contributed by atoms with Gasteiger partial charge in [0.15, 0.2) is 0 Å². The van der Waals surface area contributed by atoms with E-state index in [4.69, 9.17) is 0 Å². The molecule has 24 heavy (non-hydrogen) atoms. The summed E-state index contributed by atoms with van der Waals surface area (Å²) in [6.07, 6.45) is 1.02. The van der Waals surface area contributed by atoms with Gasteiger partial charge in [0, 0.05) is 11.4 Å². The lowest BCUT2D eigenvalue weighted by Gasteiger charge is -2.29. The van der Waals surface area contributed by atoms with Gasteiger partial charge in [-0.3, -0.25) is 0 Å². The molecule has 0 aliphatic carbocycles. The lowest BCUT2D eigenvalue weighted by atomic mass is 10.0. The summed E-state index contributed by atoms with van der Waals surface area (Å²) in [5, 5.41) is 0. The number of rotatable bonds is 4. The number of benzene rings is 3. The molecule has 0 bridgehead atoms. The van der Waals surface area contributed by atoms with Crippen LogP contribution in [0.1, 0.15) is 29.2 Å². The highest BCUT2D eigenvalue weighted by atomic mass is 15.1. The normalized spacial score (nSPS) is 10.7. The summed E-state index contributed by atoms with van der Waals surface area (Å²) >= 11 is 0. The second-order valence-corrected chi connectivity index (χ2v) is 6.44. The van der Waals surface area contributed by atoms with Crippen molar-refractivity contribution in [1.82, 2.24) is 0 Å². The Kier molecular flexibility index (Phi) is 4.71. The summed E-state index contributed by atoms with van der Waals surface area (Å²) in [5.74, 6) is 0. The fourth-order valence-electron chi connectivity index (χ4n) is 3.12. The highest BCUT2D eigenvalue weighted by molar-refractivity contribution is 5.80. The van der Waals surface area contributed by atoms with Gasteiger partial charge in [-0.1, -0.05) is 60.5 Å². The number of para-hydroxylation sites is 1. The van der Waals surface area contributed by atoms with E-state index < -0.39 is 0 Å². The standard InChI is InChI=1S/C23H25N/c1-5-20-8-6-7-19(4)23(20)24(21-13-9-17(2)10-14-21)22-15-11-18(3)12-16-22/h6-16H,5H2,1-4H3. The molecule has 0 N–H and O–H groups in total. The van der Waals surface area contributed by atoms with Gasteiger partial charge in [0.1, 0.15) is 0 Å². The van der Waals surface area contributed by atoms with E-state index in [9.17, 15) is 0 Å². The van der Waals surface area contributed by atoms with Crippen LogP contribution in [0.5, 0.6) is 0 Å². The van der Waals surface area contributed by atoms with Crippen LogP contribution in [-0.2, 0) is 6.42 Å². The molecule has 0 spiro atoms. The molecule has 0 saturated carbocycles. The molecule has 0 atom stereocenters. The average Bonchev–Trinajstić information content (AvgIpc) is 2.59. The molecular formula is C23H25N. The average molecular weight is 315 g/mol. The molecule has 0 aliphatic heterocycles. The van der Waals surface area contributed by atoms with Gasteiger partial charge in [0.25, 0.3) is 0 Å². The highest BCUT2D eigenvalue weighted by Gasteiger charge is 2.17. The Labute approximate surface area is 145 Å². The molecular weight excluding hydrogens is 290 g/mol. The van der Waals surface area contributed by atoms with Gasteiger partial charge in [-0.2, -0.15) is 0 Å². The van der Waals surface area contributed by atoms with Crippen molar-refractivity contribution in [2.24, 2.45) is 0 Å². The number of aryl methyl sites for hydroxylation is 4. The third-order valence-corrected chi connectivity index (χ3v) is 4.51. The SMILES string of the molecule is CCc1cccc(C)c1N(c1ccc(C)cc1)c1ccc(C)cc1. The minimum atomic E-state index is 1.02. The van der Waals surface area contributed by atoms with Crippen LogP contribution in [0.2, 0.25) is 0 Å². The molecule has 0 amide bonds. The van der Waals surface area contributed by atoms with Gasteiger partial charge in [0.2, 0.25) is 0 Å². The first kappa shape index (κ1) is 16.3. The van der Waals surface area contributed by atoms with Crippen LogP contribution in [0.3, 0.4) is 0 Å². The van der Waals surface area contributed by atoms with Crippen molar-refractivity contribution in [1.29, 1.82) is 0 Å². The fourth-order valence-corrected chi connectivity index (χ4v) is 3.12. The summed E-state index contributed by atoms with van der Waals surface area (Å²) in [6, 6.07) is 24.1. The van der Waals surface area contributed by atoms with Gasteiger partial charge in [-0.05, 0) is 62.6 Å². The molecule has 0 unspecified atom stereocenters. The lowest BCUT2D eigenvalue weighted by Crippen LogP contribution is -2.13. The summed E-state index contributed by atoms with van der Waals surface area (Å²) in [4.78, 5) is 2.38. The minimum Gasteiger partial charge on any atom is -0.310 e. The number of nitrogens with zero attached hydrogens (tertiary/aromatic N) is 1. The van der Waals surface area contributed by atoms with Crippen molar-refractivity contribution in [3.63, 3.8) is 0 Å². The zero-order valence-electron chi connectivity index (χ0n) is 15.0. The monoisotopic (exact) mass is 315 g/mol. The van der Waals surface area contributed by atoms with Crippen molar-refractivity contribution in [2.45, 2.75) is 34.1 Å². The van der Waals surface area contributed by atoms with Crippen molar-refractivity contribution >= 4 is 17.1 Å². The van der Waals surface area contributed by atoms with Gasteiger partial charge >= 0.3 is 0 Å². The predicted molar refractivity (Wildman–Crippen MR) is 105 cm³/mol. The Morgan fingerprint density at radius 3 is 1.62 bits per heavy atom. The highest BCUT2D eigenvalue weighted by Crippen LogP contribution is 2.39. The summed E-state index contributed by atoms with van der Waals surface area (Å²) < 4.78 is 0. The Morgan fingerprint density at radius 1 is 0.667 bits per heavy atom. The molecule has 1 heteroatoms. The number of hydrogen-bond acceptors (Lipinski definition) is 1. The molecule has 122 valence electrons. The van der Waals surface area contributed by atoms with Gasteiger partial charge in [0.05, 0.1) is 5.69 Å². The van der Waals surface area contributed by atoms with E-state index in [1.54, 1.807) is 0 Å². The second kappa shape index (κ2) is 6.92. The first-order chi connectivity index (χ1) is 11.6. The van der Waals surface area contributed by atoms with Crippen molar-refractivity contribution < 1.29 is 0 Å². The van der Waals surface area contributed by atoms with E-state index in [1.807, 2.05) is 0 Å². The molecule has 0 radical (unpaired) electrons. The predicted octanol–water partition coefficient (Wildman–Crippen LogP) is 6.64. The van der Waals surface area contributed by atoms with Crippen LogP contribution in [0.4, 0.5) is 17.1 Å². The first-order valence-corrected chi connectivity index (χ1v) is 8.62. The maximum Gasteiger partial charge on any atom is 0.0522 e. The van der Waals surface area contributed by atoms with Crippen LogP contribution >= 0.6 is 0 Å². The summed E-state index contributed by atoms with van der Waals surface area (Å²) in [5.41, 5.74) is 8.94. The number of hydrogen-bond donors (Lipinski definition) is 0. The quantitative estimate of drug-likeness (QED) is 0.521. The zero-order chi connectivity index (χ0) is 17.1. The number of anilines is 3. The molecule has 0 aliphatic rings. The smallest absolute Gasteiger partial charge is 0.0522 e. The molecule has 0 heterocycles. The van der Waals surface area contributed by atoms with Crippen LogP contribution in [0, 0.1) is 20.8 Å². The lowest BCUT2D eigenvalue weighted by molar-refractivity contribution is 1.10. The molecule has 1 nitrogen and oxygen atoms in total. The molecule has 0 saturated heterocycles. The Bertz CT molecular complexity index is 768. The van der Waals surface area contributed by atoms with Crippen LogP contribution in [0.25, 0.3) is 0 Å². The third-order valence-electron chi connectivity index (χ3n) is 4.51. The molecule has 3 rings (SSSR count). The Morgan fingerprint density at radius 2 is 1.17 bits per heavy atom. The maximum absolute atomic E-state index is 2.38. The van der Waals surface area contributed by atoms with E-state index in [0.717, 1.165) is 6.42 Å². The van der Waals surface area contributed by atoms with Gasteiger partial charge in [-0.15, -0.1) is 0 Å². The van der Waals surface area contributed by atoms with Gasteiger partial charge < -0.3 is 4.90 Å². The van der Waals surface area contributed by atoms with E-state index in [1.165, 1.54) is 39.3 Å². The third kappa shape index (κ3) is 3.21. The molecule has 3 aromatic carbocycles. The van der Waals surface area contributed by atoms with Crippen LogP contribution < -0.4 is 4.90 Å².